The van der Waals surface area contributed by atoms with Crippen LogP contribution in [-0.4, -0.2) is 6.54 Å². The van der Waals surface area contributed by atoms with E-state index in [-0.39, 0.29) is 16.3 Å². The Bertz CT molecular complexity index is 407. The molecule has 0 amide bonds. The lowest BCUT2D eigenvalue weighted by Crippen LogP contribution is -2.23. The summed E-state index contributed by atoms with van der Waals surface area (Å²) in [6.45, 7) is 7.13. The van der Waals surface area contributed by atoms with E-state index in [2.05, 4.69) is 42.0 Å². The molecular formula is C15H22BrF2N. The second kappa shape index (κ2) is 7.95. The Labute approximate surface area is 122 Å². The average Bonchev–Trinajstić information content (AvgIpc) is 2.34. The number of nitrogens with one attached hydrogen (secondary N) is 1. The molecule has 0 bridgehead atoms. The second-order valence-electron chi connectivity index (χ2n) is 5.27. The highest BCUT2D eigenvalue weighted by Crippen LogP contribution is 2.27. The zero-order chi connectivity index (χ0) is 14.4. The van der Waals surface area contributed by atoms with Crippen molar-refractivity contribution in [3.63, 3.8) is 0 Å². The third kappa shape index (κ3) is 5.19. The van der Waals surface area contributed by atoms with Gasteiger partial charge in [0.05, 0.1) is 4.47 Å². The van der Waals surface area contributed by atoms with E-state index in [1.807, 2.05) is 0 Å². The highest BCUT2D eigenvalue weighted by Gasteiger charge is 2.18. The summed E-state index contributed by atoms with van der Waals surface area (Å²) in [5.41, 5.74) is 0.426. The first-order valence-corrected chi connectivity index (χ1v) is 7.62. The van der Waals surface area contributed by atoms with E-state index in [4.69, 9.17) is 0 Å². The van der Waals surface area contributed by atoms with Crippen molar-refractivity contribution in [2.24, 2.45) is 5.92 Å². The van der Waals surface area contributed by atoms with Crippen molar-refractivity contribution in [3.05, 3.63) is 33.8 Å². The van der Waals surface area contributed by atoms with E-state index in [1.54, 1.807) is 0 Å². The first-order chi connectivity index (χ1) is 8.95. The van der Waals surface area contributed by atoms with Crippen LogP contribution in [-0.2, 0) is 0 Å². The average molecular weight is 334 g/mol. The molecule has 0 fully saturated rings. The van der Waals surface area contributed by atoms with Crippen molar-refractivity contribution in [2.45, 2.75) is 46.1 Å². The van der Waals surface area contributed by atoms with E-state index >= 15 is 0 Å². The van der Waals surface area contributed by atoms with Gasteiger partial charge in [0, 0.05) is 11.6 Å². The topological polar surface area (TPSA) is 12.0 Å². The molecule has 4 heteroatoms. The summed E-state index contributed by atoms with van der Waals surface area (Å²) < 4.78 is 27.8. The largest absolute Gasteiger partial charge is 0.310 e. The molecule has 108 valence electrons. The molecule has 0 saturated carbocycles. The number of rotatable bonds is 7. The molecular weight excluding hydrogens is 312 g/mol. The van der Waals surface area contributed by atoms with Gasteiger partial charge in [0.25, 0.3) is 0 Å². The second-order valence-corrected chi connectivity index (χ2v) is 6.12. The van der Waals surface area contributed by atoms with Crippen molar-refractivity contribution in [2.75, 3.05) is 6.54 Å². The number of halogens is 3. The van der Waals surface area contributed by atoms with Crippen LogP contribution in [0.2, 0.25) is 0 Å². The van der Waals surface area contributed by atoms with Gasteiger partial charge in [0.1, 0.15) is 11.6 Å². The molecule has 1 aromatic rings. The van der Waals surface area contributed by atoms with E-state index < -0.39 is 5.82 Å². The van der Waals surface area contributed by atoms with Gasteiger partial charge in [-0.15, -0.1) is 0 Å². The van der Waals surface area contributed by atoms with Crippen LogP contribution in [0.25, 0.3) is 0 Å². The molecule has 0 aliphatic rings. The standard InChI is InChI=1S/C15H22BrF2N/c1-4-7-19-15(6-5-10(2)3)11-8-14(18)12(16)9-13(11)17/h8-10,15,19H,4-7H2,1-3H3. The lowest BCUT2D eigenvalue weighted by molar-refractivity contribution is 0.424. The van der Waals surface area contributed by atoms with Crippen molar-refractivity contribution in [1.82, 2.24) is 5.32 Å². The predicted octanol–water partition coefficient (Wildman–Crippen LogP) is 5.20. The van der Waals surface area contributed by atoms with Crippen molar-refractivity contribution in [3.8, 4) is 0 Å². The van der Waals surface area contributed by atoms with Crippen LogP contribution in [0.15, 0.2) is 16.6 Å². The smallest absolute Gasteiger partial charge is 0.137 e. The Morgan fingerprint density at radius 3 is 2.42 bits per heavy atom. The Morgan fingerprint density at radius 2 is 1.84 bits per heavy atom. The highest BCUT2D eigenvalue weighted by atomic mass is 79.9. The number of hydrogen-bond acceptors (Lipinski definition) is 1. The van der Waals surface area contributed by atoms with Crippen molar-refractivity contribution >= 4 is 15.9 Å². The van der Waals surface area contributed by atoms with Gasteiger partial charge >= 0.3 is 0 Å². The molecule has 1 rings (SSSR count). The molecule has 1 unspecified atom stereocenters. The van der Waals surface area contributed by atoms with Crippen LogP contribution >= 0.6 is 15.9 Å². The summed E-state index contributed by atoms with van der Waals surface area (Å²) in [4.78, 5) is 0. The first-order valence-electron chi connectivity index (χ1n) is 6.83. The number of benzene rings is 1. The van der Waals surface area contributed by atoms with Crippen LogP contribution in [0.3, 0.4) is 0 Å². The molecule has 1 aromatic carbocycles. The molecule has 19 heavy (non-hydrogen) atoms. The first kappa shape index (κ1) is 16.6. The molecule has 0 aliphatic heterocycles. The van der Waals surface area contributed by atoms with E-state index in [9.17, 15) is 8.78 Å². The number of hydrogen-bond donors (Lipinski definition) is 1. The van der Waals surface area contributed by atoms with Crippen LogP contribution in [0.4, 0.5) is 8.78 Å². The molecule has 1 N–H and O–H groups in total. The maximum Gasteiger partial charge on any atom is 0.137 e. The maximum atomic E-state index is 14.0. The maximum absolute atomic E-state index is 14.0. The van der Waals surface area contributed by atoms with Gasteiger partial charge in [0.2, 0.25) is 0 Å². The van der Waals surface area contributed by atoms with Gasteiger partial charge in [-0.2, -0.15) is 0 Å². The Morgan fingerprint density at radius 1 is 1.16 bits per heavy atom. The Hall–Kier alpha value is -0.480. The summed E-state index contributed by atoms with van der Waals surface area (Å²) in [5.74, 6) is -0.218. The Balaban J connectivity index is 2.92. The molecule has 0 aromatic heterocycles. The van der Waals surface area contributed by atoms with Crippen molar-refractivity contribution < 1.29 is 8.78 Å². The van der Waals surface area contributed by atoms with Crippen molar-refractivity contribution in [1.29, 1.82) is 0 Å². The normalized spacial score (nSPS) is 13.0. The minimum Gasteiger partial charge on any atom is -0.310 e. The summed E-state index contributed by atoms with van der Waals surface area (Å²) in [5, 5.41) is 3.31. The van der Waals surface area contributed by atoms with Crippen LogP contribution in [0, 0.1) is 17.6 Å². The molecule has 1 nitrogen and oxygen atoms in total. The molecule has 1 atom stereocenters. The monoisotopic (exact) mass is 333 g/mol. The van der Waals surface area contributed by atoms with Crippen LogP contribution in [0.1, 0.15) is 51.6 Å². The lowest BCUT2D eigenvalue weighted by atomic mass is 9.97. The van der Waals surface area contributed by atoms with Crippen LogP contribution in [0.5, 0.6) is 0 Å². The summed E-state index contributed by atoms with van der Waals surface area (Å²) >= 11 is 3.01. The third-order valence-corrected chi connectivity index (χ3v) is 3.70. The summed E-state index contributed by atoms with van der Waals surface area (Å²) in [6, 6.07) is 2.39. The summed E-state index contributed by atoms with van der Waals surface area (Å²) in [6.07, 6.45) is 2.77. The molecule has 0 radical (unpaired) electrons. The molecule has 0 saturated heterocycles. The Kier molecular flexibility index (Phi) is 6.94. The highest BCUT2D eigenvalue weighted by molar-refractivity contribution is 9.10. The minimum atomic E-state index is -0.413. The fraction of sp³-hybridized carbons (Fsp3) is 0.600. The predicted molar refractivity (Wildman–Crippen MR) is 79.2 cm³/mol. The third-order valence-electron chi connectivity index (χ3n) is 3.09. The fourth-order valence-corrected chi connectivity index (χ4v) is 2.31. The van der Waals surface area contributed by atoms with Gasteiger partial charge in [-0.1, -0.05) is 20.8 Å². The van der Waals surface area contributed by atoms with Crippen LogP contribution < -0.4 is 5.32 Å². The quantitative estimate of drug-likeness (QED) is 0.676. The zero-order valence-corrected chi connectivity index (χ0v) is 13.4. The molecule has 0 heterocycles. The molecule has 0 spiro atoms. The van der Waals surface area contributed by atoms with E-state index in [0.717, 1.165) is 25.8 Å². The van der Waals surface area contributed by atoms with Gasteiger partial charge < -0.3 is 5.32 Å². The van der Waals surface area contributed by atoms with Gasteiger partial charge in [-0.3, -0.25) is 0 Å². The van der Waals surface area contributed by atoms with Gasteiger partial charge in [-0.25, -0.2) is 8.78 Å². The van der Waals surface area contributed by atoms with E-state index in [1.165, 1.54) is 12.1 Å². The van der Waals surface area contributed by atoms with E-state index in [0.29, 0.717) is 11.5 Å². The zero-order valence-electron chi connectivity index (χ0n) is 11.8. The summed E-state index contributed by atoms with van der Waals surface area (Å²) in [7, 11) is 0. The minimum absolute atomic E-state index is 0.120. The molecule has 0 aliphatic carbocycles. The van der Waals surface area contributed by atoms with Gasteiger partial charge in [-0.05, 0) is 59.8 Å². The van der Waals surface area contributed by atoms with Gasteiger partial charge in [0.15, 0.2) is 0 Å². The fourth-order valence-electron chi connectivity index (χ4n) is 1.99. The SMILES string of the molecule is CCCNC(CCC(C)C)c1cc(F)c(Br)cc1F. The lowest BCUT2D eigenvalue weighted by Gasteiger charge is -2.21.